The lowest BCUT2D eigenvalue weighted by molar-refractivity contribution is -0.137. The van der Waals surface area contributed by atoms with Gasteiger partial charge in [-0.1, -0.05) is 17.7 Å². The third kappa shape index (κ3) is 7.15. The number of rotatable bonds is 8. The second-order valence-electron chi connectivity index (χ2n) is 6.61. The number of ether oxygens (including phenoxy) is 1. The molecule has 27 heavy (non-hydrogen) atoms. The van der Waals surface area contributed by atoms with Gasteiger partial charge in [-0.15, -0.1) is 0 Å². The first-order valence-corrected chi connectivity index (χ1v) is 8.76. The first-order valence-electron chi connectivity index (χ1n) is 8.38. The van der Waals surface area contributed by atoms with Crippen LogP contribution in [0.3, 0.4) is 0 Å². The molecule has 2 amide bonds. The number of hydrogen-bond acceptors (Lipinski definition) is 4. The maximum absolute atomic E-state index is 12.1. The van der Waals surface area contributed by atoms with Crippen LogP contribution >= 0.6 is 11.6 Å². The van der Waals surface area contributed by atoms with Crippen molar-refractivity contribution < 1.29 is 19.4 Å². The molecule has 2 aromatic rings. The van der Waals surface area contributed by atoms with Gasteiger partial charge in [-0.25, -0.2) is 4.79 Å². The average molecular weight is 392 g/mol. The molecule has 2 rings (SSSR count). The second-order valence-corrected chi connectivity index (χ2v) is 7.02. The number of aromatic nitrogens is 1. The largest absolute Gasteiger partial charge is 0.486 e. The lowest BCUT2D eigenvalue weighted by Gasteiger charge is -2.25. The number of carbonyl (C=O) groups is 2. The van der Waals surface area contributed by atoms with Gasteiger partial charge in [-0.3, -0.25) is 9.78 Å². The van der Waals surface area contributed by atoms with Crippen molar-refractivity contribution in [3.8, 4) is 5.75 Å². The third-order valence-electron chi connectivity index (χ3n) is 3.71. The summed E-state index contributed by atoms with van der Waals surface area (Å²) < 4.78 is 5.64. The van der Waals surface area contributed by atoms with Gasteiger partial charge in [0.15, 0.2) is 0 Å². The predicted molar refractivity (Wildman–Crippen MR) is 103 cm³/mol. The molecule has 7 nitrogen and oxygen atoms in total. The molecule has 0 aliphatic heterocycles. The number of pyridine rings is 1. The molecule has 0 bridgehead atoms. The van der Waals surface area contributed by atoms with Gasteiger partial charge in [0.1, 0.15) is 12.4 Å². The summed E-state index contributed by atoms with van der Waals surface area (Å²) in [5.41, 5.74) is 0.619. The van der Waals surface area contributed by atoms with Crippen LogP contribution in [0, 0.1) is 0 Å². The first kappa shape index (κ1) is 20.5. The summed E-state index contributed by atoms with van der Waals surface area (Å²) in [6, 6.07) is 10.0. The molecule has 144 valence electrons. The van der Waals surface area contributed by atoms with E-state index in [1.807, 2.05) is 18.2 Å². The predicted octanol–water partition coefficient (Wildman–Crippen LogP) is 4.08. The number of carboxylic acids is 1. The van der Waals surface area contributed by atoms with Crippen LogP contribution in [0.5, 0.6) is 5.75 Å². The SMILES string of the molecule is CC(C)(CCC(=O)O)NC(=O)Nc1ccc(OCc2ccccn2)c(Cl)c1. The summed E-state index contributed by atoms with van der Waals surface area (Å²) in [6.45, 7) is 3.81. The number of nitrogens with one attached hydrogen (secondary N) is 2. The number of urea groups is 1. The Balaban J connectivity index is 1.90. The molecule has 1 aromatic carbocycles. The van der Waals surface area contributed by atoms with Crippen LogP contribution in [0.25, 0.3) is 0 Å². The van der Waals surface area contributed by atoms with Crippen molar-refractivity contribution in [3.63, 3.8) is 0 Å². The van der Waals surface area contributed by atoms with E-state index in [1.54, 1.807) is 38.2 Å². The Hall–Kier alpha value is -2.80. The van der Waals surface area contributed by atoms with Gasteiger partial charge in [0.25, 0.3) is 0 Å². The summed E-state index contributed by atoms with van der Waals surface area (Å²) in [4.78, 5) is 27.0. The van der Waals surface area contributed by atoms with E-state index in [4.69, 9.17) is 21.4 Å². The first-order chi connectivity index (χ1) is 12.7. The van der Waals surface area contributed by atoms with Crippen LogP contribution in [0.1, 0.15) is 32.4 Å². The Bertz CT molecular complexity index is 797. The molecular formula is C19H22ClN3O4. The quantitative estimate of drug-likeness (QED) is 0.629. The number of anilines is 1. The molecule has 1 aromatic heterocycles. The van der Waals surface area contributed by atoms with Gasteiger partial charge in [0.05, 0.1) is 10.7 Å². The fraction of sp³-hybridized carbons (Fsp3) is 0.316. The van der Waals surface area contributed by atoms with Crippen molar-refractivity contribution in [1.82, 2.24) is 10.3 Å². The fourth-order valence-electron chi connectivity index (χ4n) is 2.28. The van der Waals surface area contributed by atoms with E-state index in [-0.39, 0.29) is 13.0 Å². The van der Waals surface area contributed by atoms with Crippen molar-refractivity contribution in [1.29, 1.82) is 0 Å². The van der Waals surface area contributed by atoms with Crippen molar-refractivity contribution in [2.45, 2.75) is 38.8 Å². The Morgan fingerprint density at radius 2 is 2.04 bits per heavy atom. The summed E-state index contributed by atoms with van der Waals surface area (Å²) in [5, 5.41) is 14.5. The van der Waals surface area contributed by atoms with E-state index < -0.39 is 17.5 Å². The van der Waals surface area contributed by atoms with Gasteiger partial charge in [0, 0.05) is 23.8 Å². The molecule has 1 heterocycles. The van der Waals surface area contributed by atoms with Gasteiger partial charge < -0.3 is 20.5 Å². The minimum atomic E-state index is -0.904. The summed E-state index contributed by atoms with van der Waals surface area (Å²) in [7, 11) is 0. The van der Waals surface area contributed by atoms with Crippen LogP contribution in [-0.2, 0) is 11.4 Å². The van der Waals surface area contributed by atoms with E-state index in [1.165, 1.54) is 0 Å². The molecule has 0 atom stereocenters. The van der Waals surface area contributed by atoms with Crippen LogP contribution in [0.4, 0.5) is 10.5 Å². The Morgan fingerprint density at radius 3 is 2.67 bits per heavy atom. The highest BCUT2D eigenvalue weighted by atomic mass is 35.5. The smallest absolute Gasteiger partial charge is 0.319 e. The van der Waals surface area contributed by atoms with E-state index in [2.05, 4.69) is 15.6 Å². The monoisotopic (exact) mass is 391 g/mol. The highest BCUT2D eigenvalue weighted by molar-refractivity contribution is 6.32. The summed E-state index contributed by atoms with van der Waals surface area (Å²) in [6.07, 6.45) is 1.97. The van der Waals surface area contributed by atoms with E-state index in [0.29, 0.717) is 22.9 Å². The number of carbonyl (C=O) groups excluding carboxylic acids is 1. The highest BCUT2D eigenvalue weighted by Gasteiger charge is 2.21. The van der Waals surface area contributed by atoms with E-state index in [9.17, 15) is 9.59 Å². The molecular weight excluding hydrogens is 370 g/mol. The van der Waals surface area contributed by atoms with Gasteiger partial charge in [0.2, 0.25) is 0 Å². The number of nitrogens with zero attached hydrogens (tertiary/aromatic N) is 1. The van der Waals surface area contributed by atoms with E-state index >= 15 is 0 Å². The maximum Gasteiger partial charge on any atom is 0.319 e. The molecule has 0 unspecified atom stereocenters. The number of aliphatic carboxylic acids is 1. The lowest BCUT2D eigenvalue weighted by Crippen LogP contribution is -2.45. The van der Waals surface area contributed by atoms with Crippen LogP contribution in [-0.4, -0.2) is 27.6 Å². The van der Waals surface area contributed by atoms with Crippen LogP contribution in [0.15, 0.2) is 42.6 Å². The molecule has 0 fully saturated rings. The molecule has 3 N–H and O–H groups in total. The van der Waals surface area contributed by atoms with Crippen molar-refractivity contribution >= 4 is 29.3 Å². The molecule has 0 saturated heterocycles. The van der Waals surface area contributed by atoms with Gasteiger partial charge >= 0.3 is 12.0 Å². The Morgan fingerprint density at radius 1 is 1.26 bits per heavy atom. The summed E-state index contributed by atoms with van der Waals surface area (Å²) in [5.74, 6) is -0.423. The second kappa shape index (κ2) is 9.23. The average Bonchev–Trinajstić information content (AvgIpc) is 2.60. The number of benzene rings is 1. The number of hydrogen-bond donors (Lipinski definition) is 3. The third-order valence-corrected chi connectivity index (χ3v) is 4.00. The maximum atomic E-state index is 12.1. The van der Waals surface area contributed by atoms with E-state index in [0.717, 1.165) is 5.69 Å². The Labute approximate surface area is 162 Å². The van der Waals surface area contributed by atoms with Gasteiger partial charge in [-0.05, 0) is 50.6 Å². The van der Waals surface area contributed by atoms with Gasteiger partial charge in [-0.2, -0.15) is 0 Å². The van der Waals surface area contributed by atoms with Crippen LogP contribution < -0.4 is 15.4 Å². The fourth-order valence-corrected chi connectivity index (χ4v) is 2.52. The number of halogens is 1. The molecule has 0 spiro atoms. The molecule has 0 radical (unpaired) electrons. The standard InChI is InChI=1S/C19H22ClN3O4/c1-19(2,9-8-17(24)25)23-18(26)22-13-6-7-16(15(20)11-13)27-12-14-5-3-4-10-21-14/h3-7,10-11H,8-9,12H2,1-2H3,(H,24,25)(H2,22,23,26). The minimum absolute atomic E-state index is 0.0264. The van der Waals surface area contributed by atoms with Crippen molar-refractivity contribution in [3.05, 3.63) is 53.3 Å². The normalized spacial score (nSPS) is 10.9. The zero-order valence-corrected chi connectivity index (χ0v) is 15.9. The number of carboxylic acid groups (broad SMARTS) is 1. The number of amides is 2. The highest BCUT2D eigenvalue weighted by Crippen LogP contribution is 2.28. The minimum Gasteiger partial charge on any atom is -0.486 e. The summed E-state index contributed by atoms with van der Waals surface area (Å²) >= 11 is 6.21. The molecule has 0 aliphatic carbocycles. The molecule has 8 heteroatoms. The van der Waals surface area contributed by atoms with Crippen molar-refractivity contribution in [2.24, 2.45) is 0 Å². The molecule has 0 saturated carbocycles. The van der Waals surface area contributed by atoms with Crippen molar-refractivity contribution in [2.75, 3.05) is 5.32 Å². The van der Waals surface area contributed by atoms with Crippen LogP contribution in [0.2, 0.25) is 5.02 Å². The zero-order chi connectivity index (χ0) is 19.9. The topological polar surface area (TPSA) is 101 Å². The Kier molecular flexibility index (Phi) is 7.01. The molecule has 0 aliphatic rings. The zero-order valence-electron chi connectivity index (χ0n) is 15.2. The lowest BCUT2D eigenvalue weighted by atomic mass is 9.99.